The smallest absolute Gasteiger partial charge is 0.163 e. The van der Waals surface area contributed by atoms with Gasteiger partial charge in [-0.15, -0.1) is 0 Å². The molecule has 2 aliphatic carbocycles. The quantitative estimate of drug-likeness (QED) is 0.505. The zero-order valence-electron chi connectivity index (χ0n) is 20.8. The molecular formula is C26H44O5. The molecule has 178 valence electrons. The van der Waals surface area contributed by atoms with Gasteiger partial charge in [-0.3, -0.25) is 0 Å². The highest BCUT2D eigenvalue weighted by Crippen LogP contribution is 2.69. The minimum Gasteiger partial charge on any atom is -0.365 e. The van der Waals surface area contributed by atoms with E-state index in [2.05, 4.69) is 34.6 Å². The minimum absolute atomic E-state index is 0.0415. The molecule has 5 nitrogen and oxygen atoms in total. The summed E-state index contributed by atoms with van der Waals surface area (Å²) >= 11 is 0. The lowest BCUT2D eigenvalue weighted by Crippen LogP contribution is -2.69. The van der Waals surface area contributed by atoms with Crippen LogP contribution in [0, 0.1) is 22.7 Å². The molecule has 0 amide bonds. The molecule has 5 aliphatic rings. The van der Waals surface area contributed by atoms with E-state index in [9.17, 15) is 0 Å². The molecule has 3 aliphatic heterocycles. The summed E-state index contributed by atoms with van der Waals surface area (Å²) in [6.45, 7) is 17.7. The van der Waals surface area contributed by atoms with Crippen LogP contribution >= 0.6 is 0 Å². The van der Waals surface area contributed by atoms with Crippen LogP contribution in [-0.4, -0.2) is 48.7 Å². The van der Waals surface area contributed by atoms with E-state index in [4.69, 9.17) is 23.7 Å². The average Bonchev–Trinajstić information content (AvgIpc) is 3.00. The van der Waals surface area contributed by atoms with Crippen LogP contribution in [0.25, 0.3) is 0 Å². The Morgan fingerprint density at radius 1 is 0.710 bits per heavy atom. The topological polar surface area (TPSA) is 46.2 Å². The highest BCUT2D eigenvalue weighted by atomic mass is 16.7. The van der Waals surface area contributed by atoms with Gasteiger partial charge in [0.1, 0.15) is 0 Å². The normalized spacial score (nSPS) is 53.7. The third-order valence-electron chi connectivity index (χ3n) is 10.1. The maximum Gasteiger partial charge on any atom is 0.163 e. The lowest BCUT2D eigenvalue weighted by molar-refractivity contribution is -0.359. The van der Waals surface area contributed by atoms with Gasteiger partial charge < -0.3 is 23.7 Å². The minimum atomic E-state index is -0.525. The fourth-order valence-electron chi connectivity index (χ4n) is 8.18. The van der Waals surface area contributed by atoms with Crippen LogP contribution in [-0.2, 0) is 23.7 Å². The van der Waals surface area contributed by atoms with E-state index in [0.29, 0.717) is 25.0 Å². The molecule has 0 aromatic rings. The SMILES string of the molecule is C[C@@H]1CC[C@@H]2[C@]3(C)COC(C)(C)O[C@H]3CC[C@]2(C)[C@@]12CC[C@@]1(CCOC(C)(C)OC1)O2. The van der Waals surface area contributed by atoms with E-state index in [1.807, 2.05) is 13.8 Å². The number of hydrogen-bond acceptors (Lipinski definition) is 5. The van der Waals surface area contributed by atoms with Crippen LogP contribution in [0.2, 0.25) is 0 Å². The predicted molar refractivity (Wildman–Crippen MR) is 119 cm³/mol. The van der Waals surface area contributed by atoms with Gasteiger partial charge in [0.05, 0.1) is 37.1 Å². The van der Waals surface area contributed by atoms with Crippen LogP contribution in [0.4, 0.5) is 0 Å². The maximum atomic E-state index is 7.36. The number of ether oxygens (including phenoxy) is 5. The Kier molecular flexibility index (Phi) is 5.04. The van der Waals surface area contributed by atoms with Crippen LogP contribution in [0.5, 0.6) is 0 Å². The molecule has 3 saturated heterocycles. The van der Waals surface area contributed by atoms with E-state index < -0.39 is 11.6 Å². The van der Waals surface area contributed by atoms with Gasteiger partial charge >= 0.3 is 0 Å². The Hall–Kier alpha value is -0.200. The highest BCUT2D eigenvalue weighted by Gasteiger charge is 2.70. The molecule has 0 N–H and O–H groups in total. The Balaban J connectivity index is 1.47. The van der Waals surface area contributed by atoms with Gasteiger partial charge in [0.25, 0.3) is 0 Å². The first-order valence-corrected chi connectivity index (χ1v) is 12.7. The molecule has 5 fully saturated rings. The predicted octanol–water partition coefficient (Wildman–Crippen LogP) is 5.45. The van der Waals surface area contributed by atoms with Crippen molar-refractivity contribution in [3.8, 4) is 0 Å². The van der Waals surface area contributed by atoms with Gasteiger partial charge in [-0.25, -0.2) is 0 Å². The molecule has 2 saturated carbocycles. The van der Waals surface area contributed by atoms with Crippen molar-refractivity contribution in [3.63, 3.8) is 0 Å². The summed E-state index contributed by atoms with van der Waals surface area (Å²) in [5, 5.41) is 0. The summed E-state index contributed by atoms with van der Waals surface area (Å²) in [4.78, 5) is 0. The average molecular weight is 437 g/mol. The van der Waals surface area contributed by atoms with Crippen molar-refractivity contribution in [1.82, 2.24) is 0 Å². The van der Waals surface area contributed by atoms with Gasteiger partial charge in [-0.2, -0.15) is 0 Å². The first-order valence-electron chi connectivity index (χ1n) is 12.7. The first kappa shape index (κ1) is 22.6. The van der Waals surface area contributed by atoms with E-state index >= 15 is 0 Å². The van der Waals surface area contributed by atoms with Gasteiger partial charge in [0.15, 0.2) is 11.6 Å². The summed E-state index contributed by atoms with van der Waals surface area (Å²) in [7, 11) is 0. The van der Waals surface area contributed by atoms with Crippen LogP contribution < -0.4 is 0 Å². The maximum absolute atomic E-state index is 7.36. The Bertz CT molecular complexity index is 721. The summed E-state index contributed by atoms with van der Waals surface area (Å²) in [5.74, 6) is 0.0890. The third-order valence-corrected chi connectivity index (χ3v) is 10.1. The van der Waals surface area contributed by atoms with Gasteiger partial charge in [-0.05, 0) is 78.1 Å². The van der Waals surface area contributed by atoms with Gasteiger partial charge in [0, 0.05) is 17.3 Å². The molecule has 2 spiro atoms. The van der Waals surface area contributed by atoms with E-state index in [1.54, 1.807) is 0 Å². The highest BCUT2D eigenvalue weighted by molar-refractivity contribution is 5.18. The second-order valence-corrected chi connectivity index (χ2v) is 12.7. The van der Waals surface area contributed by atoms with Crippen LogP contribution in [0.15, 0.2) is 0 Å². The molecular weight excluding hydrogens is 392 g/mol. The number of rotatable bonds is 0. The largest absolute Gasteiger partial charge is 0.365 e. The lowest BCUT2D eigenvalue weighted by Gasteiger charge is -2.67. The van der Waals surface area contributed by atoms with Crippen molar-refractivity contribution in [1.29, 1.82) is 0 Å². The summed E-state index contributed by atoms with van der Waals surface area (Å²) in [5.41, 5.74) is -0.156. The molecule has 5 rings (SSSR count). The monoisotopic (exact) mass is 436 g/mol. The zero-order valence-corrected chi connectivity index (χ0v) is 20.8. The second kappa shape index (κ2) is 6.91. The van der Waals surface area contributed by atoms with Gasteiger partial charge in [0.2, 0.25) is 0 Å². The van der Waals surface area contributed by atoms with Crippen molar-refractivity contribution in [2.24, 2.45) is 22.7 Å². The standard InChI is InChI=1S/C26H44O5/c1-18-8-9-19-23(6)16-28-22(4,5)30-20(23)10-11-24(19,7)26(18)13-12-25(31-26)14-15-27-21(2,3)29-17-25/h18-20H,8-17H2,1-7H3/t18-,19-,20+,23+,24+,25+,26-/m1/s1. The zero-order chi connectivity index (χ0) is 22.3. The van der Waals surface area contributed by atoms with Crippen LogP contribution in [0.1, 0.15) is 93.4 Å². The second-order valence-electron chi connectivity index (χ2n) is 12.7. The summed E-state index contributed by atoms with van der Waals surface area (Å²) < 4.78 is 32.3. The summed E-state index contributed by atoms with van der Waals surface area (Å²) in [6.07, 6.45) is 8.09. The molecule has 0 unspecified atom stereocenters. The summed E-state index contributed by atoms with van der Waals surface area (Å²) in [6, 6.07) is 0. The Morgan fingerprint density at radius 2 is 1.45 bits per heavy atom. The van der Waals surface area contributed by atoms with Crippen molar-refractivity contribution in [2.45, 2.75) is 122 Å². The number of hydrogen-bond donors (Lipinski definition) is 0. The van der Waals surface area contributed by atoms with Crippen molar-refractivity contribution in [3.05, 3.63) is 0 Å². The van der Waals surface area contributed by atoms with E-state index in [-0.39, 0.29) is 28.1 Å². The molecule has 7 atom stereocenters. The molecule has 0 radical (unpaired) electrons. The first-order chi connectivity index (χ1) is 14.4. The number of fused-ring (bicyclic) bond motifs is 4. The molecule has 0 bridgehead atoms. The van der Waals surface area contributed by atoms with Crippen molar-refractivity contribution < 1.29 is 23.7 Å². The lowest BCUT2D eigenvalue weighted by atomic mass is 9.43. The van der Waals surface area contributed by atoms with Crippen molar-refractivity contribution >= 4 is 0 Å². The fraction of sp³-hybridized carbons (Fsp3) is 1.00. The molecule has 0 aromatic heterocycles. The Morgan fingerprint density at radius 3 is 2.23 bits per heavy atom. The molecule has 31 heavy (non-hydrogen) atoms. The van der Waals surface area contributed by atoms with Crippen LogP contribution in [0.3, 0.4) is 0 Å². The molecule has 3 heterocycles. The van der Waals surface area contributed by atoms with Crippen molar-refractivity contribution in [2.75, 3.05) is 19.8 Å². The van der Waals surface area contributed by atoms with E-state index in [1.165, 1.54) is 12.8 Å². The third kappa shape index (κ3) is 3.28. The van der Waals surface area contributed by atoms with E-state index in [0.717, 1.165) is 38.7 Å². The van der Waals surface area contributed by atoms with Gasteiger partial charge in [-0.1, -0.05) is 20.8 Å². The Labute approximate surface area is 188 Å². The molecule has 0 aromatic carbocycles. The molecule has 5 heteroatoms. The fourth-order valence-corrected chi connectivity index (χ4v) is 8.18.